The number of hydrogen-bond donors (Lipinski definition) is 1. The molecule has 33 heavy (non-hydrogen) atoms. The first kappa shape index (κ1) is 22.8. The number of imide groups is 1. The lowest BCUT2D eigenvalue weighted by Crippen LogP contribution is -2.47. The molecule has 0 radical (unpaired) electrons. The second-order valence-corrected chi connectivity index (χ2v) is 8.47. The number of carbonyl (C=O) groups is 3. The van der Waals surface area contributed by atoms with E-state index in [1.807, 2.05) is 6.07 Å². The number of fused-ring (bicyclic) bond motifs is 1. The molecule has 1 aliphatic carbocycles. The van der Waals surface area contributed by atoms with Crippen LogP contribution in [-0.4, -0.2) is 73.9 Å². The summed E-state index contributed by atoms with van der Waals surface area (Å²) in [5, 5.41) is 8.80. The molecule has 2 unspecified atom stereocenters. The minimum Gasteiger partial charge on any atom is -0.465 e. The van der Waals surface area contributed by atoms with Gasteiger partial charge in [0, 0.05) is 45.1 Å². The lowest BCUT2D eigenvalue weighted by Gasteiger charge is -2.32. The van der Waals surface area contributed by atoms with Crippen molar-refractivity contribution < 1.29 is 19.5 Å². The van der Waals surface area contributed by atoms with E-state index in [0.29, 0.717) is 18.8 Å². The van der Waals surface area contributed by atoms with Gasteiger partial charge in [-0.2, -0.15) is 0 Å². The van der Waals surface area contributed by atoms with E-state index in [0.717, 1.165) is 51.0 Å². The van der Waals surface area contributed by atoms with Gasteiger partial charge in [0.05, 0.1) is 29.4 Å². The number of pyridine rings is 1. The Kier molecular flexibility index (Phi) is 7.23. The zero-order valence-corrected chi connectivity index (χ0v) is 18.4. The van der Waals surface area contributed by atoms with Crippen molar-refractivity contribution in [2.45, 2.75) is 32.2 Å². The maximum absolute atomic E-state index is 12.2. The highest BCUT2D eigenvalue weighted by Crippen LogP contribution is 2.39. The number of aromatic nitrogens is 3. The maximum atomic E-state index is 12.2. The van der Waals surface area contributed by atoms with Crippen LogP contribution in [0.15, 0.2) is 43.1 Å². The van der Waals surface area contributed by atoms with E-state index in [-0.39, 0.29) is 23.7 Å². The molecular weight excluding hydrogens is 424 g/mol. The molecule has 2 aromatic heterocycles. The number of hydrogen-bond acceptors (Lipinski definition) is 7. The molecule has 5 rings (SSSR count). The third kappa shape index (κ3) is 5.33. The number of nitrogens with zero attached hydrogens (tertiary/aromatic N) is 6. The highest BCUT2D eigenvalue weighted by molar-refractivity contribution is 6.22. The molecule has 174 valence electrons. The fraction of sp³-hybridized carbons (Fsp3) is 0.478. The van der Waals surface area contributed by atoms with Crippen molar-refractivity contribution >= 4 is 23.6 Å². The second kappa shape index (κ2) is 10.5. The quantitative estimate of drug-likeness (QED) is 0.703. The number of piperazine rings is 1. The van der Waals surface area contributed by atoms with Crippen molar-refractivity contribution in [3.63, 3.8) is 0 Å². The predicted octanol–water partition coefficient (Wildman–Crippen LogP) is 2.03. The summed E-state index contributed by atoms with van der Waals surface area (Å²) in [6.45, 7) is 3.42. The second-order valence-electron chi connectivity index (χ2n) is 8.47. The fourth-order valence-electron chi connectivity index (χ4n) is 4.64. The van der Waals surface area contributed by atoms with Crippen LogP contribution in [0.2, 0.25) is 0 Å². The molecule has 1 saturated carbocycles. The molecule has 10 heteroatoms. The van der Waals surface area contributed by atoms with Crippen molar-refractivity contribution in [1.82, 2.24) is 24.8 Å². The Morgan fingerprint density at radius 3 is 2.21 bits per heavy atom. The number of amides is 3. The summed E-state index contributed by atoms with van der Waals surface area (Å²) in [4.78, 5) is 52.1. The third-order valence-corrected chi connectivity index (χ3v) is 6.42. The predicted molar refractivity (Wildman–Crippen MR) is 119 cm³/mol. The van der Waals surface area contributed by atoms with Crippen LogP contribution in [0.25, 0.3) is 0 Å². The van der Waals surface area contributed by atoms with E-state index in [9.17, 15) is 14.4 Å². The van der Waals surface area contributed by atoms with Crippen LogP contribution in [-0.2, 0) is 16.1 Å². The number of carboxylic acid groups (broad SMARTS) is 1. The van der Waals surface area contributed by atoms with Crippen LogP contribution >= 0.6 is 0 Å². The van der Waals surface area contributed by atoms with E-state index in [4.69, 9.17) is 5.11 Å². The van der Waals surface area contributed by atoms with Crippen molar-refractivity contribution in [1.29, 1.82) is 0 Å². The van der Waals surface area contributed by atoms with Crippen LogP contribution in [0.4, 0.5) is 10.5 Å². The highest BCUT2D eigenvalue weighted by atomic mass is 16.4. The van der Waals surface area contributed by atoms with Gasteiger partial charge in [0.2, 0.25) is 11.8 Å². The Labute approximate surface area is 192 Å². The first-order chi connectivity index (χ1) is 16.0. The largest absolute Gasteiger partial charge is 0.465 e. The summed E-state index contributed by atoms with van der Waals surface area (Å²) < 4.78 is 0. The number of anilines is 1. The smallest absolute Gasteiger partial charge is 0.407 e. The van der Waals surface area contributed by atoms with Crippen LogP contribution < -0.4 is 4.90 Å². The van der Waals surface area contributed by atoms with Gasteiger partial charge in [-0.05, 0) is 31.0 Å². The van der Waals surface area contributed by atoms with E-state index >= 15 is 0 Å². The molecule has 2 aliphatic heterocycles. The summed E-state index contributed by atoms with van der Waals surface area (Å²) in [5.74, 6) is -0.242. The van der Waals surface area contributed by atoms with Crippen molar-refractivity contribution in [2.24, 2.45) is 11.8 Å². The SMILES string of the molecule is O=C(O)N1CCN(Cc2ccncn2)CC1.O=C1C2CCCCC2C(=O)N1c1cccnc1. The summed E-state index contributed by atoms with van der Waals surface area (Å²) in [6.07, 6.45) is 9.45. The normalized spacial score (nSPS) is 23.0. The minimum atomic E-state index is -0.832. The van der Waals surface area contributed by atoms with Gasteiger partial charge in [-0.1, -0.05) is 12.8 Å². The molecule has 3 aliphatic rings. The van der Waals surface area contributed by atoms with Crippen molar-refractivity contribution in [3.05, 3.63) is 48.8 Å². The molecule has 0 spiro atoms. The number of carbonyl (C=O) groups excluding carboxylic acids is 2. The van der Waals surface area contributed by atoms with Gasteiger partial charge in [-0.15, -0.1) is 0 Å². The van der Waals surface area contributed by atoms with Crippen molar-refractivity contribution in [3.8, 4) is 0 Å². The third-order valence-electron chi connectivity index (χ3n) is 6.42. The van der Waals surface area contributed by atoms with Crippen LogP contribution in [0, 0.1) is 11.8 Å². The van der Waals surface area contributed by atoms with Gasteiger partial charge >= 0.3 is 6.09 Å². The Bertz CT molecular complexity index is 941. The molecule has 2 atom stereocenters. The van der Waals surface area contributed by atoms with Gasteiger partial charge in [0.25, 0.3) is 0 Å². The zero-order valence-electron chi connectivity index (χ0n) is 18.4. The standard InChI is InChI=1S/C13H14N2O2.C10H14N4O2/c16-12-10-5-1-2-6-11(10)13(17)15(12)9-4-3-7-14-8-9;15-10(16)14-5-3-13(4-6-14)7-9-1-2-11-8-12-9/h3-4,7-8,10-11H,1-2,5-6H2;1-2,8H,3-7H2,(H,15,16). The van der Waals surface area contributed by atoms with Gasteiger partial charge in [0.15, 0.2) is 0 Å². The Morgan fingerprint density at radius 2 is 1.67 bits per heavy atom. The number of rotatable bonds is 3. The average molecular weight is 453 g/mol. The summed E-state index contributed by atoms with van der Waals surface area (Å²) >= 11 is 0. The fourth-order valence-corrected chi connectivity index (χ4v) is 4.64. The van der Waals surface area contributed by atoms with Gasteiger partial charge in [-0.3, -0.25) is 19.5 Å². The minimum absolute atomic E-state index is 0.0345. The molecule has 3 amide bonds. The summed E-state index contributed by atoms with van der Waals surface area (Å²) in [5.41, 5.74) is 1.58. The highest BCUT2D eigenvalue weighted by Gasteiger charge is 2.48. The van der Waals surface area contributed by atoms with E-state index in [1.165, 1.54) is 16.1 Å². The van der Waals surface area contributed by atoms with Crippen LogP contribution in [0.3, 0.4) is 0 Å². The molecule has 0 bridgehead atoms. The molecule has 10 nitrogen and oxygen atoms in total. The first-order valence-corrected chi connectivity index (χ1v) is 11.3. The summed E-state index contributed by atoms with van der Waals surface area (Å²) in [7, 11) is 0. The van der Waals surface area contributed by atoms with E-state index < -0.39 is 6.09 Å². The Hall–Kier alpha value is -3.40. The monoisotopic (exact) mass is 452 g/mol. The molecule has 3 fully saturated rings. The Morgan fingerprint density at radius 1 is 0.970 bits per heavy atom. The molecule has 2 aromatic rings. The zero-order chi connectivity index (χ0) is 23.2. The lowest BCUT2D eigenvalue weighted by atomic mass is 9.81. The molecule has 0 aromatic carbocycles. The Balaban J connectivity index is 0.000000157. The van der Waals surface area contributed by atoms with Gasteiger partial charge in [-0.25, -0.2) is 19.7 Å². The van der Waals surface area contributed by atoms with E-state index in [2.05, 4.69) is 19.9 Å². The first-order valence-electron chi connectivity index (χ1n) is 11.3. The van der Waals surface area contributed by atoms with Gasteiger partial charge in [0.1, 0.15) is 6.33 Å². The molecule has 4 heterocycles. The summed E-state index contributed by atoms with van der Waals surface area (Å²) in [6, 6.07) is 5.39. The lowest BCUT2D eigenvalue weighted by molar-refractivity contribution is -0.122. The topological polar surface area (TPSA) is 120 Å². The van der Waals surface area contributed by atoms with Crippen LogP contribution in [0.1, 0.15) is 31.4 Å². The van der Waals surface area contributed by atoms with E-state index in [1.54, 1.807) is 30.7 Å². The molecule has 1 N–H and O–H groups in total. The van der Waals surface area contributed by atoms with Gasteiger partial charge < -0.3 is 10.0 Å². The molecule has 2 saturated heterocycles. The van der Waals surface area contributed by atoms with Crippen LogP contribution in [0.5, 0.6) is 0 Å². The molecular formula is C23H28N6O4. The van der Waals surface area contributed by atoms with Crippen molar-refractivity contribution in [2.75, 3.05) is 31.1 Å². The maximum Gasteiger partial charge on any atom is 0.407 e. The average Bonchev–Trinajstić information content (AvgIpc) is 3.11.